The molecule has 0 bridgehead atoms. The molecule has 2 atom stereocenters. The Bertz CT molecular complexity index is 1590. The largest absolute Gasteiger partial charge is 0.496 e. The van der Waals surface area contributed by atoms with Crippen molar-refractivity contribution >= 4 is 40.3 Å². The van der Waals surface area contributed by atoms with Crippen LogP contribution in [0.3, 0.4) is 0 Å². The van der Waals surface area contributed by atoms with Gasteiger partial charge in [-0.3, -0.25) is 4.79 Å². The van der Waals surface area contributed by atoms with Gasteiger partial charge in [0.15, 0.2) is 5.17 Å². The average molecular weight is 558 g/mol. The van der Waals surface area contributed by atoms with Gasteiger partial charge < -0.3 is 15.0 Å². The third-order valence-electron chi connectivity index (χ3n) is 8.31. The molecule has 5 nitrogen and oxygen atoms in total. The number of hydrogen-bond donors (Lipinski definition) is 1. The Morgan fingerprint density at radius 1 is 0.854 bits per heavy atom. The van der Waals surface area contributed by atoms with Gasteiger partial charge in [0.2, 0.25) is 0 Å². The minimum Gasteiger partial charge on any atom is -0.496 e. The highest BCUT2D eigenvalue weighted by atomic mass is 32.2. The van der Waals surface area contributed by atoms with E-state index in [4.69, 9.17) is 9.73 Å². The molecule has 41 heavy (non-hydrogen) atoms. The van der Waals surface area contributed by atoms with Crippen LogP contribution in [-0.4, -0.2) is 31.3 Å². The summed E-state index contributed by atoms with van der Waals surface area (Å²) in [5, 5.41) is 3.59. The van der Waals surface area contributed by atoms with E-state index in [1.54, 1.807) is 7.11 Å². The molecule has 0 spiro atoms. The smallest absolute Gasteiger partial charge is 0.264 e. The summed E-state index contributed by atoms with van der Waals surface area (Å²) < 4.78 is 5.48. The van der Waals surface area contributed by atoms with E-state index in [-0.39, 0.29) is 5.91 Å². The fraction of sp³-hybridized carbons (Fsp3) is 0.200. The van der Waals surface area contributed by atoms with Crippen LogP contribution in [0.15, 0.2) is 107 Å². The van der Waals surface area contributed by atoms with E-state index in [0.29, 0.717) is 21.9 Å². The SMILES string of the molecule is COc1ccccc1/C=C1\SC(=Nc2cc3c4c(c2)[C@H](c2ccccc2)CCN4CC[C@H]3c2ccccc2)NC1=O. The number of para-hydroxylation sites is 1. The number of carbonyl (C=O) groups is 1. The predicted octanol–water partition coefficient (Wildman–Crippen LogP) is 7.46. The van der Waals surface area contributed by atoms with E-state index in [1.165, 1.54) is 39.7 Å². The van der Waals surface area contributed by atoms with Gasteiger partial charge in [0.25, 0.3) is 5.91 Å². The van der Waals surface area contributed by atoms with Gasteiger partial charge >= 0.3 is 0 Å². The zero-order valence-electron chi connectivity index (χ0n) is 22.9. The third kappa shape index (κ3) is 4.93. The number of aliphatic imine (C=N–C) groups is 1. The monoisotopic (exact) mass is 557 g/mol. The highest BCUT2D eigenvalue weighted by Gasteiger charge is 2.35. The molecule has 0 saturated carbocycles. The summed E-state index contributed by atoms with van der Waals surface area (Å²) in [6, 6.07) is 33.8. The van der Waals surface area contributed by atoms with Gasteiger partial charge in [-0.1, -0.05) is 78.9 Å². The van der Waals surface area contributed by atoms with Crippen LogP contribution in [0.4, 0.5) is 11.4 Å². The normalized spacial score (nSPS) is 21.6. The highest BCUT2D eigenvalue weighted by Crippen LogP contribution is 2.50. The number of amidine groups is 1. The number of rotatable bonds is 5. The van der Waals surface area contributed by atoms with E-state index in [9.17, 15) is 4.79 Å². The molecule has 0 unspecified atom stereocenters. The fourth-order valence-electron chi connectivity index (χ4n) is 6.43. The maximum Gasteiger partial charge on any atom is 0.264 e. The number of nitrogens with one attached hydrogen (secondary N) is 1. The summed E-state index contributed by atoms with van der Waals surface area (Å²) in [4.78, 5) is 21.1. The lowest BCUT2D eigenvalue weighted by molar-refractivity contribution is -0.115. The van der Waals surface area contributed by atoms with Gasteiger partial charge in [0, 0.05) is 36.2 Å². The minimum atomic E-state index is -0.144. The van der Waals surface area contributed by atoms with E-state index in [0.717, 1.165) is 42.9 Å². The number of nitrogens with zero attached hydrogens (tertiary/aromatic N) is 2. The quantitative estimate of drug-likeness (QED) is 0.259. The number of thioether (sulfide) groups is 1. The molecule has 0 aliphatic carbocycles. The molecule has 3 aliphatic rings. The van der Waals surface area contributed by atoms with E-state index >= 15 is 0 Å². The highest BCUT2D eigenvalue weighted by molar-refractivity contribution is 8.18. The van der Waals surface area contributed by atoms with Crippen LogP contribution < -0.4 is 15.0 Å². The van der Waals surface area contributed by atoms with Crippen LogP contribution in [0.2, 0.25) is 0 Å². The molecule has 6 heteroatoms. The number of amides is 1. The zero-order chi connectivity index (χ0) is 27.8. The summed E-state index contributed by atoms with van der Waals surface area (Å²) in [6.07, 6.45) is 4.01. The lowest BCUT2D eigenvalue weighted by atomic mass is 9.76. The predicted molar refractivity (Wildman–Crippen MR) is 168 cm³/mol. The third-order valence-corrected chi connectivity index (χ3v) is 9.22. The van der Waals surface area contributed by atoms with Crippen LogP contribution in [0, 0.1) is 0 Å². The molecule has 0 aromatic heterocycles. The molecule has 1 N–H and O–H groups in total. The summed E-state index contributed by atoms with van der Waals surface area (Å²) >= 11 is 1.37. The van der Waals surface area contributed by atoms with Crippen LogP contribution in [0.25, 0.3) is 6.08 Å². The molecule has 3 aliphatic heterocycles. The molecular weight excluding hydrogens is 526 g/mol. The number of ether oxygens (including phenoxy) is 1. The van der Waals surface area contributed by atoms with E-state index in [1.807, 2.05) is 30.3 Å². The summed E-state index contributed by atoms with van der Waals surface area (Å²) in [6.45, 7) is 2.11. The Balaban J connectivity index is 1.31. The van der Waals surface area contributed by atoms with Gasteiger partial charge in [-0.05, 0) is 71.1 Å². The second-order valence-corrected chi connectivity index (χ2v) is 11.7. The number of methoxy groups -OCH3 is 1. The molecule has 1 fully saturated rings. The van der Waals surface area contributed by atoms with Gasteiger partial charge in [-0.25, -0.2) is 4.99 Å². The van der Waals surface area contributed by atoms with Gasteiger partial charge in [-0.2, -0.15) is 0 Å². The van der Waals surface area contributed by atoms with Crippen molar-refractivity contribution in [3.05, 3.63) is 130 Å². The fourth-order valence-corrected chi connectivity index (χ4v) is 7.26. The first-order valence-corrected chi connectivity index (χ1v) is 14.9. The molecule has 1 amide bonds. The van der Waals surface area contributed by atoms with Crippen LogP contribution >= 0.6 is 11.8 Å². The Hall–Kier alpha value is -4.29. The maximum absolute atomic E-state index is 12.9. The van der Waals surface area contributed by atoms with Crippen LogP contribution in [0.1, 0.15) is 52.5 Å². The second kappa shape index (κ2) is 10.9. The van der Waals surface area contributed by atoms with Crippen LogP contribution in [-0.2, 0) is 4.79 Å². The van der Waals surface area contributed by atoms with Gasteiger partial charge in [-0.15, -0.1) is 0 Å². The lowest BCUT2D eigenvalue weighted by Gasteiger charge is -2.43. The molecular formula is C35H31N3O2S. The number of anilines is 1. The van der Waals surface area contributed by atoms with Crippen LogP contribution in [0.5, 0.6) is 5.75 Å². The van der Waals surface area contributed by atoms with Crippen molar-refractivity contribution in [1.29, 1.82) is 0 Å². The van der Waals surface area contributed by atoms with Crippen molar-refractivity contribution in [1.82, 2.24) is 5.32 Å². The first-order chi connectivity index (χ1) is 20.2. The van der Waals surface area contributed by atoms with Crippen molar-refractivity contribution in [3.63, 3.8) is 0 Å². The molecule has 3 heterocycles. The molecule has 1 saturated heterocycles. The zero-order valence-corrected chi connectivity index (χ0v) is 23.7. The molecule has 7 rings (SSSR count). The van der Waals surface area contributed by atoms with Gasteiger partial charge in [0.05, 0.1) is 17.7 Å². The average Bonchev–Trinajstić information content (AvgIpc) is 3.36. The Morgan fingerprint density at radius 3 is 2.05 bits per heavy atom. The number of carbonyl (C=O) groups excluding carboxylic acids is 1. The second-order valence-electron chi connectivity index (χ2n) is 10.7. The first kappa shape index (κ1) is 25.7. The van der Waals surface area contributed by atoms with Gasteiger partial charge in [0.1, 0.15) is 5.75 Å². The summed E-state index contributed by atoms with van der Waals surface area (Å²) in [7, 11) is 1.64. The Morgan fingerprint density at radius 2 is 1.44 bits per heavy atom. The number of hydrogen-bond acceptors (Lipinski definition) is 5. The maximum atomic E-state index is 12.9. The van der Waals surface area contributed by atoms with Crippen molar-refractivity contribution in [2.24, 2.45) is 4.99 Å². The van der Waals surface area contributed by atoms with E-state index < -0.39 is 0 Å². The molecule has 4 aromatic rings. The van der Waals surface area contributed by atoms with Crippen molar-refractivity contribution in [3.8, 4) is 5.75 Å². The summed E-state index contributed by atoms with van der Waals surface area (Å²) in [5.41, 5.74) is 8.46. The van der Waals surface area contributed by atoms with Crippen molar-refractivity contribution < 1.29 is 9.53 Å². The summed E-state index contributed by atoms with van der Waals surface area (Å²) in [5.74, 6) is 1.20. The topological polar surface area (TPSA) is 53.9 Å². The van der Waals surface area contributed by atoms with Crippen molar-refractivity contribution in [2.45, 2.75) is 24.7 Å². The molecule has 4 aromatic carbocycles. The Labute approximate surface area is 245 Å². The van der Waals surface area contributed by atoms with E-state index in [2.05, 4.69) is 83.0 Å². The van der Waals surface area contributed by atoms with Crippen molar-refractivity contribution in [2.75, 3.05) is 25.1 Å². The standard InChI is InChI=1S/C35H31N3O2S/c1-40-31-15-9-8-14-25(31)20-32-34(39)37-35(41-32)36-26-21-29-27(23-10-4-2-5-11-23)16-18-38-19-17-28(30(22-26)33(29)38)24-12-6-3-7-13-24/h2-15,20-22,27-28H,16-19H2,1H3,(H,36,37,39)/b32-20-/t27-,28-/m0/s1. The molecule has 204 valence electrons. The minimum absolute atomic E-state index is 0.144. The molecule has 0 radical (unpaired) electrons. The first-order valence-electron chi connectivity index (χ1n) is 14.1. The number of benzene rings is 4. The Kier molecular flexibility index (Phi) is 6.85. The lowest BCUT2D eigenvalue weighted by Crippen LogP contribution is -2.37.